The quantitative estimate of drug-likeness (QED) is 0.718. The zero-order valence-corrected chi connectivity index (χ0v) is 13.8. The zero-order valence-electron chi connectivity index (χ0n) is 13.0. The summed E-state index contributed by atoms with van der Waals surface area (Å²) in [6.45, 7) is 5.62. The van der Waals surface area contributed by atoms with Gasteiger partial charge in [-0.05, 0) is 55.6 Å². The average molecular weight is 327 g/mol. The number of rotatable bonds is 1. The lowest BCUT2D eigenvalue weighted by atomic mass is 10.1. The number of aryl methyl sites for hydroxylation is 2. The summed E-state index contributed by atoms with van der Waals surface area (Å²) >= 11 is 1.51. The van der Waals surface area contributed by atoms with Crippen molar-refractivity contribution in [2.45, 2.75) is 26.8 Å². The normalized spacial score (nSPS) is 14.2. The maximum absolute atomic E-state index is 13.0. The fraction of sp³-hybridized carbons (Fsp3) is 0.294. The predicted octanol–water partition coefficient (Wildman–Crippen LogP) is 2.00. The Morgan fingerprint density at radius 3 is 2.78 bits per heavy atom. The van der Waals surface area contributed by atoms with Crippen molar-refractivity contribution >= 4 is 21.6 Å². The van der Waals surface area contributed by atoms with E-state index in [1.54, 1.807) is 0 Å². The predicted molar refractivity (Wildman–Crippen MR) is 92.9 cm³/mol. The number of thiophene rings is 1. The Morgan fingerprint density at radius 1 is 1.17 bits per heavy atom. The molecule has 0 saturated carbocycles. The highest BCUT2D eigenvalue weighted by molar-refractivity contribution is 7.18. The molecule has 118 valence electrons. The van der Waals surface area contributed by atoms with E-state index in [0.717, 1.165) is 41.1 Å². The monoisotopic (exact) mass is 327 g/mol. The van der Waals surface area contributed by atoms with E-state index in [4.69, 9.17) is 0 Å². The van der Waals surface area contributed by atoms with Gasteiger partial charge in [-0.1, -0.05) is 6.07 Å². The first-order chi connectivity index (χ1) is 11.1. The highest BCUT2D eigenvalue weighted by Crippen LogP contribution is 2.29. The summed E-state index contributed by atoms with van der Waals surface area (Å²) in [5.74, 6) is 0. The van der Waals surface area contributed by atoms with Gasteiger partial charge < -0.3 is 5.32 Å². The Kier molecular flexibility index (Phi) is 3.25. The van der Waals surface area contributed by atoms with Crippen LogP contribution in [0.15, 0.2) is 27.8 Å². The molecule has 0 amide bonds. The SMILES string of the molecule is Cc1ccc(-n2c(=O)[nH]c3sc4c(c3c2=O)CCNC4)cc1C. The molecule has 5 nitrogen and oxygen atoms in total. The highest BCUT2D eigenvalue weighted by atomic mass is 32.1. The summed E-state index contributed by atoms with van der Waals surface area (Å²) in [6.07, 6.45) is 0.823. The van der Waals surface area contributed by atoms with Gasteiger partial charge in [0.2, 0.25) is 0 Å². The van der Waals surface area contributed by atoms with E-state index in [0.29, 0.717) is 15.9 Å². The summed E-state index contributed by atoms with van der Waals surface area (Å²) in [6, 6.07) is 5.65. The molecule has 6 heteroatoms. The molecular weight excluding hydrogens is 310 g/mol. The second-order valence-electron chi connectivity index (χ2n) is 5.97. The van der Waals surface area contributed by atoms with Crippen molar-refractivity contribution in [2.75, 3.05) is 6.54 Å². The van der Waals surface area contributed by atoms with Crippen LogP contribution in [0, 0.1) is 13.8 Å². The van der Waals surface area contributed by atoms with Gasteiger partial charge in [0.05, 0.1) is 11.1 Å². The van der Waals surface area contributed by atoms with Crippen LogP contribution in [-0.2, 0) is 13.0 Å². The Bertz CT molecular complexity index is 1040. The van der Waals surface area contributed by atoms with Crippen molar-refractivity contribution in [1.82, 2.24) is 14.9 Å². The topological polar surface area (TPSA) is 66.9 Å². The van der Waals surface area contributed by atoms with Gasteiger partial charge in [-0.2, -0.15) is 0 Å². The first-order valence-corrected chi connectivity index (χ1v) is 8.46. The molecule has 0 fully saturated rings. The first kappa shape index (κ1) is 14.4. The molecule has 2 N–H and O–H groups in total. The van der Waals surface area contributed by atoms with Crippen LogP contribution < -0.4 is 16.6 Å². The number of aromatic amines is 1. The standard InChI is InChI=1S/C17H17N3O2S/c1-9-3-4-11(7-10(9)2)20-16(21)14-12-5-6-18-8-13(12)23-15(14)19-17(20)22/h3-4,7,18H,5-6,8H2,1-2H3,(H,19,22). The van der Waals surface area contributed by atoms with Gasteiger partial charge in [0.25, 0.3) is 5.56 Å². The van der Waals surface area contributed by atoms with Gasteiger partial charge in [-0.15, -0.1) is 11.3 Å². The molecule has 0 bridgehead atoms. The average Bonchev–Trinajstić information content (AvgIpc) is 2.88. The minimum Gasteiger partial charge on any atom is -0.312 e. The Balaban J connectivity index is 2.05. The largest absolute Gasteiger partial charge is 0.334 e. The maximum atomic E-state index is 13.0. The lowest BCUT2D eigenvalue weighted by Gasteiger charge is -2.12. The molecule has 23 heavy (non-hydrogen) atoms. The van der Waals surface area contributed by atoms with E-state index < -0.39 is 0 Å². The second kappa shape index (κ2) is 5.18. The van der Waals surface area contributed by atoms with E-state index in [2.05, 4.69) is 10.3 Å². The minimum absolute atomic E-state index is 0.216. The summed E-state index contributed by atoms with van der Waals surface area (Å²) in [7, 11) is 0. The van der Waals surface area contributed by atoms with Crippen LogP contribution in [0.2, 0.25) is 0 Å². The molecular formula is C17H17N3O2S. The molecule has 0 radical (unpaired) electrons. The molecule has 1 aromatic carbocycles. The van der Waals surface area contributed by atoms with Crippen molar-refractivity contribution in [3.63, 3.8) is 0 Å². The number of benzene rings is 1. The van der Waals surface area contributed by atoms with Gasteiger partial charge in [0, 0.05) is 11.4 Å². The van der Waals surface area contributed by atoms with Gasteiger partial charge in [0.1, 0.15) is 4.83 Å². The van der Waals surface area contributed by atoms with Gasteiger partial charge in [0.15, 0.2) is 0 Å². The van der Waals surface area contributed by atoms with Crippen LogP contribution in [0.3, 0.4) is 0 Å². The number of aromatic nitrogens is 2. The fourth-order valence-electron chi connectivity index (χ4n) is 3.11. The second-order valence-corrected chi connectivity index (χ2v) is 7.08. The van der Waals surface area contributed by atoms with Crippen molar-refractivity contribution < 1.29 is 0 Å². The van der Waals surface area contributed by atoms with E-state index in [-0.39, 0.29) is 11.2 Å². The molecule has 3 heterocycles. The molecule has 2 aromatic heterocycles. The summed E-state index contributed by atoms with van der Waals surface area (Å²) in [4.78, 5) is 30.2. The molecule has 0 aliphatic carbocycles. The Labute approximate surface area is 136 Å². The lowest BCUT2D eigenvalue weighted by molar-refractivity contribution is 0.656. The molecule has 0 unspecified atom stereocenters. The number of H-pyrrole nitrogens is 1. The van der Waals surface area contributed by atoms with Crippen LogP contribution in [0.25, 0.3) is 15.9 Å². The van der Waals surface area contributed by atoms with Crippen LogP contribution in [0.5, 0.6) is 0 Å². The number of hydrogen-bond donors (Lipinski definition) is 2. The van der Waals surface area contributed by atoms with E-state index in [1.807, 2.05) is 32.0 Å². The van der Waals surface area contributed by atoms with E-state index in [9.17, 15) is 9.59 Å². The van der Waals surface area contributed by atoms with Crippen LogP contribution in [0.4, 0.5) is 0 Å². The molecule has 1 aliphatic rings. The highest BCUT2D eigenvalue weighted by Gasteiger charge is 2.21. The smallest absolute Gasteiger partial charge is 0.312 e. The molecule has 0 atom stereocenters. The molecule has 0 saturated heterocycles. The van der Waals surface area contributed by atoms with E-state index >= 15 is 0 Å². The number of nitrogens with zero attached hydrogens (tertiary/aromatic N) is 1. The summed E-state index contributed by atoms with van der Waals surface area (Å²) < 4.78 is 1.25. The van der Waals surface area contributed by atoms with Crippen molar-refractivity contribution in [1.29, 1.82) is 0 Å². The Morgan fingerprint density at radius 2 is 2.00 bits per heavy atom. The van der Waals surface area contributed by atoms with Crippen molar-refractivity contribution in [2.24, 2.45) is 0 Å². The Hall–Kier alpha value is -2.18. The number of fused-ring (bicyclic) bond motifs is 3. The molecule has 4 rings (SSSR count). The van der Waals surface area contributed by atoms with E-state index in [1.165, 1.54) is 15.9 Å². The lowest BCUT2D eigenvalue weighted by Crippen LogP contribution is -2.34. The van der Waals surface area contributed by atoms with Crippen molar-refractivity contribution in [3.05, 3.63) is 60.6 Å². The summed E-state index contributed by atoms with van der Waals surface area (Å²) in [5, 5.41) is 3.98. The number of hydrogen-bond acceptors (Lipinski definition) is 4. The third-order valence-electron chi connectivity index (χ3n) is 4.52. The molecule has 0 spiro atoms. The minimum atomic E-state index is -0.377. The van der Waals surface area contributed by atoms with Crippen LogP contribution in [0.1, 0.15) is 21.6 Å². The maximum Gasteiger partial charge on any atom is 0.334 e. The first-order valence-electron chi connectivity index (χ1n) is 7.64. The third-order valence-corrected chi connectivity index (χ3v) is 5.66. The van der Waals surface area contributed by atoms with Gasteiger partial charge in [-0.3, -0.25) is 9.78 Å². The fourth-order valence-corrected chi connectivity index (χ4v) is 4.30. The van der Waals surface area contributed by atoms with Crippen LogP contribution in [-0.4, -0.2) is 16.1 Å². The molecule has 1 aliphatic heterocycles. The summed E-state index contributed by atoms with van der Waals surface area (Å²) in [5.41, 5.74) is 3.31. The molecule has 3 aromatic rings. The van der Waals surface area contributed by atoms with Crippen molar-refractivity contribution in [3.8, 4) is 5.69 Å². The third kappa shape index (κ3) is 2.17. The van der Waals surface area contributed by atoms with Crippen LogP contribution >= 0.6 is 11.3 Å². The van der Waals surface area contributed by atoms with Gasteiger partial charge in [-0.25, -0.2) is 9.36 Å². The number of nitrogens with one attached hydrogen (secondary N) is 2. The van der Waals surface area contributed by atoms with Gasteiger partial charge >= 0.3 is 5.69 Å². The zero-order chi connectivity index (χ0) is 16.1.